The van der Waals surface area contributed by atoms with E-state index < -0.39 is 0 Å². The number of rotatable bonds is 5. The Kier molecular flexibility index (Phi) is 5.61. The molecule has 4 nitrogen and oxygen atoms in total. The lowest BCUT2D eigenvalue weighted by Gasteiger charge is -2.10. The third-order valence-corrected chi connectivity index (χ3v) is 3.88. The molecule has 0 saturated carbocycles. The van der Waals surface area contributed by atoms with Gasteiger partial charge >= 0.3 is 0 Å². The van der Waals surface area contributed by atoms with Gasteiger partial charge in [0.2, 0.25) is 0 Å². The molecule has 1 aromatic heterocycles. The Morgan fingerprint density at radius 3 is 2.95 bits per heavy atom. The Morgan fingerprint density at radius 1 is 1.38 bits per heavy atom. The van der Waals surface area contributed by atoms with Gasteiger partial charge in [-0.2, -0.15) is 5.26 Å². The van der Waals surface area contributed by atoms with Gasteiger partial charge in [-0.25, -0.2) is 4.98 Å². The minimum Gasteiger partial charge on any atom is -0.321 e. The van der Waals surface area contributed by atoms with Crippen LogP contribution in [0.25, 0.3) is 0 Å². The van der Waals surface area contributed by atoms with Crippen molar-refractivity contribution >= 4 is 35.0 Å². The van der Waals surface area contributed by atoms with Crippen LogP contribution in [0.2, 0.25) is 5.15 Å². The highest BCUT2D eigenvalue weighted by Crippen LogP contribution is 2.27. The summed E-state index contributed by atoms with van der Waals surface area (Å²) >= 11 is 7.32. The molecule has 0 bridgehead atoms. The van der Waals surface area contributed by atoms with E-state index in [1.165, 1.54) is 24.0 Å². The fourth-order valence-electron chi connectivity index (χ4n) is 1.64. The molecule has 1 N–H and O–H groups in total. The van der Waals surface area contributed by atoms with Crippen LogP contribution in [-0.4, -0.2) is 16.6 Å². The number of nitrogens with one attached hydrogen (secondary N) is 1. The third-order valence-electron chi connectivity index (χ3n) is 2.60. The second kappa shape index (κ2) is 7.67. The number of thioether (sulfide) groups is 1. The van der Waals surface area contributed by atoms with Gasteiger partial charge in [-0.15, -0.1) is 11.8 Å². The molecule has 106 valence electrons. The average Bonchev–Trinajstić information content (AvgIpc) is 2.49. The predicted molar refractivity (Wildman–Crippen MR) is 84.6 cm³/mol. The number of nitrogens with zero attached hydrogens (tertiary/aromatic N) is 2. The summed E-state index contributed by atoms with van der Waals surface area (Å²) in [5, 5.41) is 11.7. The lowest BCUT2D eigenvalue weighted by molar-refractivity contribution is 0.102. The van der Waals surface area contributed by atoms with Gasteiger partial charge in [-0.3, -0.25) is 4.79 Å². The molecule has 1 heterocycles. The van der Waals surface area contributed by atoms with Gasteiger partial charge in [0, 0.05) is 28.8 Å². The van der Waals surface area contributed by atoms with E-state index in [2.05, 4.69) is 16.4 Å². The number of nitriles is 1. The topological polar surface area (TPSA) is 65.8 Å². The van der Waals surface area contributed by atoms with E-state index in [-0.39, 0.29) is 11.1 Å². The molecule has 1 aromatic carbocycles. The van der Waals surface area contributed by atoms with Crippen molar-refractivity contribution in [2.45, 2.75) is 11.3 Å². The van der Waals surface area contributed by atoms with Crippen LogP contribution < -0.4 is 5.32 Å². The highest BCUT2D eigenvalue weighted by molar-refractivity contribution is 7.99. The van der Waals surface area contributed by atoms with E-state index in [1.54, 1.807) is 6.07 Å². The Morgan fingerprint density at radius 2 is 2.19 bits per heavy atom. The molecule has 0 aliphatic rings. The standard InChI is InChI=1S/C15H12ClN3OS/c16-14-10-11(6-8-18-14)15(20)19-12-4-1-2-5-13(12)21-9-3-7-17/h1-2,4-6,8,10H,3,9H2,(H,19,20). The second-order valence-electron chi connectivity index (χ2n) is 4.07. The molecular weight excluding hydrogens is 306 g/mol. The van der Waals surface area contributed by atoms with Crippen LogP contribution in [0.3, 0.4) is 0 Å². The van der Waals surface area contributed by atoms with Crippen LogP contribution in [0.4, 0.5) is 5.69 Å². The summed E-state index contributed by atoms with van der Waals surface area (Å²) < 4.78 is 0. The van der Waals surface area contributed by atoms with Crippen LogP contribution >= 0.6 is 23.4 Å². The molecule has 2 aromatic rings. The summed E-state index contributed by atoms with van der Waals surface area (Å²) in [5.74, 6) is 0.442. The minimum absolute atomic E-state index is 0.243. The van der Waals surface area contributed by atoms with Crippen molar-refractivity contribution in [3.8, 4) is 6.07 Å². The molecule has 2 rings (SSSR count). The van der Waals surface area contributed by atoms with Crippen molar-refractivity contribution in [1.82, 2.24) is 4.98 Å². The van der Waals surface area contributed by atoms with Gasteiger partial charge in [0.25, 0.3) is 5.91 Å². The molecule has 0 atom stereocenters. The van der Waals surface area contributed by atoms with Gasteiger partial charge in [0.05, 0.1) is 11.8 Å². The van der Waals surface area contributed by atoms with Crippen LogP contribution in [0, 0.1) is 11.3 Å². The van der Waals surface area contributed by atoms with Gasteiger partial charge in [-0.05, 0) is 24.3 Å². The van der Waals surface area contributed by atoms with Crippen LogP contribution in [0.15, 0.2) is 47.5 Å². The molecule has 0 fully saturated rings. The van der Waals surface area contributed by atoms with E-state index in [0.717, 1.165) is 10.6 Å². The molecule has 0 unspecified atom stereocenters. The monoisotopic (exact) mass is 317 g/mol. The van der Waals surface area contributed by atoms with Crippen LogP contribution in [0.1, 0.15) is 16.8 Å². The number of para-hydroxylation sites is 1. The normalized spacial score (nSPS) is 9.90. The summed E-state index contributed by atoms with van der Waals surface area (Å²) in [7, 11) is 0. The number of carbonyl (C=O) groups excluding carboxylic acids is 1. The summed E-state index contributed by atoms with van der Waals surface area (Å²) in [6.07, 6.45) is 1.96. The summed E-state index contributed by atoms with van der Waals surface area (Å²) in [4.78, 5) is 17.0. The number of carbonyl (C=O) groups is 1. The van der Waals surface area contributed by atoms with Gasteiger partial charge in [0.1, 0.15) is 5.15 Å². The minimum atomic E-state index is -0.243. The van der Waals surface area contributed by atoms with E-state index in [1.807, 2.05) is 24.3 Å². The Hall–Kier alpha value is -2.03. The first-order valence-electron chi connectivity index (χ1n) is 6.22. The third kappa shape index (κ3) is 4.48. The predicted octanol–water partition coefficient (Wildman–Crippen LogP) is 3.99. The number of pyridine rings is 1. The Balaban J connectivity index is 2.12. The summed E-state index contributed by atoms with van der Waals surface area (Å²) in [6, 6.07) is 12.7. The fraction of sp³-hybridized carbons (Fsp3) is 0.133. The number of halogens is 1. The van der Waals surface area contributed by atoms with Gasteiger partial charge < -0.3 is 5.32 Å². The lowest BCUT2D eigenvalue weighted by Crippen LogP contribution is -2.12. The number of hydrogen-bond donors (Lipinski definition) is 1. The largest absolute Gasteiger partial charge is 0.321 e. The van der Waals surface area contributed by atoms with Crippen LogP contribution in [-0.2, 0) is 0 Å². The molecule has 0 spiro atoms. The van der Waals surface area contributed by atoms with E-state index >= 15 is 0 Å². The first-order valence-corrected chi connectivity index (χ1v) is 7.59. The average molecular weight is 318 g/mol. The molecule has 0 aliphatic heterocycles. The van der Waals surface area contributed by atoms with Crippen molar-refractivity contribution in [1.29, 1.82) is 5.26 Å². The molecule has 0 aliphatic carbocycles. The first-order chi connectivity index (χ1) is 10.2. The number of anilines is 1. The number of hydrogen-bond acceptors (Lipinski definition) is 4. The first kappa shape index (κ1) is 15.4. The van der Waals surface area contributed by atoms with Crippen molar-refractivity contribution in [2.24, 2.45) is 0 Å². The van der Waals surface area contributed by atoms with Gasteiger partial charge in [-0.1, -0.05) is 23.7 Å². The molecule has 6 heteroatoms. The van der Waals surface area contributed by atoms with Crippen molar-refractivity contribution in [3.05, 3.63) is 53.3 Å². The van der Waals surface area contributed by atoms with Crippen LogP contribution in [0.5, 0.6) is 0 Å². The number of aromatic nitrogens is 1. The Labute approximate surface area is 132 Å². The Bertz CT molecular complexity index is 685. The lowest BCUT2D eigenvalue weighted by atomic mass is 10.2. The van der Waals surface area contributed by atoms with Crippen molar-refractivity contribution in [3.63, 3.8) is 0 Å². The zero-order chi connectivity index (χ0) is 15.1. The highest BCUT2D eigenvalue weighted by atomic mass is 35.5. The van der Waals surface area contributed by atoms with E-state index in [4.69, 9.17) is 16.9 Å². The van der Waals surface area contributed by atoms with Crippen molar-refractivity contribution in [2.75, 3.05) is 11.1 Å². The molecule has 1 amide bonds. The highest BCUT2D eigenvalue weighted by Gasteiger charge is 2.09. The van der Waals surface area contributed by atoms with Gasteiger partial charge in [0.15, 0.2) is 0 Å². The fourth-order valence-corrected chi connectivity index (χ4v) is 2.68. The quantitative estimate of drug-likeness (QED) is 0.514. The maximum atomic E-state index is 12.2. The molecule has 0 saturated heterocycles. The molecular formula is C15H12ClN3OS. The molecule has 21 heavy (non-hydrogen) atoms. The second-order valence-corrected chi connectivity index (χ2v) is 5.60. The van der Waals surface area contributed by atoms with E-state index in [9.17, 15) is 4.79 Å². The van der Waals surface area contributed by atoms with E-state index in [0.29, 0.717) is 17.7 Å². The number of benzene rings is 1. The van der Waals surface area contributed by atoms with Crippen molar-refractivity contribution < 1.29 is 4.79 Å². The number of amides is 1. The zero-order valence-corrected chi connectivity index (χ0v) is 12.6. The SMILES string of the molecule is N#CCCSc1ccccc1NC(=O)c1ccnc(Cl)c1. The summed E-state index contributed by atoms with van der Waals surface area (Å²) in [5.41, 5.74) is 1.17. The maximum Gasteiger partial charge on any atom is 0.255 e. The smallest absolute Gasteiger partial charge is 0.255 e. The molecule has 0 radical (unpaired) electrons. The zero-order valence-electron chi connectivity index (χ0n) is 11.0. The summed E-state index contributed by atoms with van der Waals surface area (Å²) in [6.45, 7) is 0. The maximum absolute atomic E-state index is 12.2.